The van der Waals surface area contributed by atoms with Crippen molar-refractivity contribution in [3.63, 3.8) is 0 Å². The van der Waals surface area contributed by atoms with Gasteiger partial charge in [-0.15, -0.1) is 0 Å². The van der Waals surface area contributed by atoms with Crippen LogP contribution in [0.5, 0.6) is 0 Å². The average Bonchev–Trinajstić information content (AvgIpc) is 3.30. The maximum atomic E-state index is 8.96. The summed E-state index contributed by atoms with van der Waals surface area (Å²) >= 11 is 0. The quantitative estimate of drug-likeness (QED) is 0.863. The van der Waals surface area contributed by atoms with Crippen molar-refractivity contribution in [1.82, 2.24) is 5.32 Å². The van der Waals surface area contributed by atoms with Gasteiger partial charge in [-0.3, -0.25) is 0 Å². The molecule has 0 radical (unpaired) electrons. The predicted molar refractivity (Wildman–Crippen MR) is 84.6 cm³/mol. The van der Waals surface area contributed by atoms with Crippen LogP contribution in [0.4, 0.5) is 0 Å². The lowest BCUT2D eigenvalue weighted by Crippen LogP contribution is -2.29. The Balaban J connectivity index is 1.79. The van der Waals surface area contributed by atoms with Crippen molar-refractivity contribution in [2.75, 3.05) is 6.54 Å². The largest absolute Gasteiger partial charge is 0.306 e. The highest BCUT2D eigenvalue weighted by atomic mass is 14.9. The van der Waals surface area contributed by atoms with E-state index in [9.17, 15) is 0 Å². The topological polar surface area (TPSA) is 35.8 Å². The Morgan fingerprint density at radius 1 is 0.952 bits per heavy atom. The van der Waals surface area contributed by atoms with Gasteiger partial charge in [-0.25, -0.2) is 0 Å². The maximum absolute atomic E-state index is 8.96. The SMILES string of the molecule is N#CCC1(CNC(c2ccccc2)c2ccccc2)CC1. The van der Waals surface area contributed by atoms with Crippen LogP contribution in [-0.2, 0) is 0 Å². The monoisotopic (exact) mass is 276 g/mol. The molecule has 0 unspecified atom stereocenters. The Bertz CT molecular complexity index is 570. The van der Waals surface area contributed by atoms with Crippen molar-refractivity contribution in [3.8, 4) is 6.07 Å². The van der Waals surface area contributed by atoms with Gasteiger partial charge in [0.05, 0.1) is 12.1 Å². The van der Waals surface area contributed by atoms with Gasteiger partial charge in [0.15, 0.2) is 0 Å². The summed E-state index contributed by atoms with van der Waals surface area (Å²) in [6.45, 7) is 0.912. The van der Waals surface area contributed by atoms with E-state index in [0.29, 0.717) is 6.42 Å². The molecular weight excluding hydrogens is 256 g/mol. The third-order valence-electron chi connectivity index (χ3n) is 4.36. The molecule has 1 saturated carbocycles. The predicted octanol–water partition coefficient (Wildman–Crippen LogP) is 4.06. The summed E-state index contributed by atoms with van der Waals surface area (Å²) in [6, 6.07) is 23.6. The van der Waals surface area contributed by atoms with Crippen LogP contribution in [0.15, 0.2) is 60.7 Å². The van der Waals surface area contributed by atoms with Crippen molar-refractivity contribution < 1.29 is 0 Å². The summed E-state index contributed by atoms with van der Waals surface area (Å²) < 4.78 is 0. The number of hydrogen-bond donors (Lipinski definition) is 1. The number of nitriles is 1. The highest BCUT2D eigenvalue weighted by molar-refractivity contribution is 5.31. The molecule has 0 amide bonds. The van der Waals surface area contributed by atoms with E-state index >= 15 is 0 Å². The van der Waals surface area contributed by atoms with Crippen LogP contribution in [0.2, 0.25) is 0 Å². The van der Waals surface area contributed by atoms with Crippen LogP contribution in [0, 0.1) is 16.7 Å². The molecule has 21 heavy (non-hydrogen) atoms. The Kier molecular flexibility index (Phi) is 4.03. The lowest BCUT2D eigenvalue weighted by molar-refractivity contribution is 0.443. The van der Waals surface area contributed by atoms with Gasteiger partial charge in [0, 0.05) is 13.0 Å². The molecule has 1 aliphatic carbocycles. The highest BCUT2D eigenvalue weighted by Crippen LogP contribution is 2.48. The maximum Gasteiger partial charge on any atom is 0.0628 e. The molecule has 0 atom stereocenters. The smallest absolute Gasteiger partial charge is 0.0628 e. The molecule has 0 aromatic heterocycles. The first kappa shape index (κ1) is 13.9. The minimum atomic E-state index is 0.198. The third kappa shape index (κ3) is 3.32. The minimum Gasteiger partial charge on any atom is -0.306 e. The molecule has 1 fully saturated rings. The second-order valence-corrected chi connectivity index (χ2v) is 5.97. The van der Waals surface area contributed by atoms with Gasteiger partial charge in [-0.1, -0.05) is 60.7 Å². The molecule has 0 heterocycles. The van der Waals surface area contributed by atoms with E-state index in [4.69, 9.17) is 5.26 Å². The molecule has 3 rings (SSSR count). The van der Waals surface area contributed by atoms with Gasteiger partial charge in [-0.05, 0) is 29.4 Å². The van der Waals surface area contributed by atoms with E-state index < -0.39 is 0 Å². The van der Waals surface area contributed by atoms with Crippen LogP contribution in [-0.4, -0.2) is 6.54 Å². The molecule has 1 N–H and O–H groups in total. The van der Waals surface area contributed by atoms with Crippen LogP contribution in [0.1, 0.15) is 36.4 Å². The number of rotatable bonds is 6. The first-order chi connectivity index (χ1) is 10.3. The zero-order valence-electron chi connectivity index (χ0n) is 12.1. The Morgan fingerprint density at radius 2 is 1.48 bits per heavy atom. The number of nitrogens with one attached hydrogen (secondary N) is 1. The molecule has 0 saturated heterocycles. The summed E-state index contributed by atoms with van der Waals surface area (Å²) in [7, 11) is 0. The molecule has 2 aromatic carbocycles. The fraction of sp³-hybridized carbons (Fsp3) is 0.316. The number of hydrogen-bond acceptors (Lipinski definition) is 2. The molecule has 2 nitrogen and oxygen atoms in total. The summed E-state index contributed by atoms with van der Waals surface area (Å²) in [6.07, 6.45) is 3.00. The average molecular weight is 276 g/mol. The highest BCUT2D eigenvalue weighted by Gasteiger charge is 2.42. The normalized spacial score (nSPS) is 15.6. The van der Waals surface area contributed by atoms with Gasteiger partial charge in [0.25, 0.3) is 0 Å². The summed E-state index contributed by atoms with van der Waals surface area (Å²) in [4.78, 5) is 0. The third-order valence-corrected chi connectivity index (χ3v) is 4.36. The van der Waals surface area contributed by atoms with E-state index in [1.54, 1.807) is 0 Å². The first-order valence-electron chi connectivity index (χ1n) is 7.53. The minimum absolute atomic E-state index is 0.198. The zero-order chi connectivity index (χ0) is 14.5. The van der Waals surface area contributed by atoms with E-state index in [1.807, 2.05) is 12.1 Å². The summed E-state index contributed by atoms with van der Waals surface area (Å²) in [5.41, 5.74) is 2.77. The van der Waals surface area contributed by atoms with Crippen LogP contribution >= 0.6 is 0 Å². The molecular formula is C19H20N2. The summed E-state index contributed by atoms with van der Waals surface area (Å²) in [5.74, 6) is 0. The van der Waals surface area contributed by atoms with Crippen molar-refractivity contribution in [1.29, 1.82) is 5.26 Å². The Morgan fingerprint density at radius 3 is 1.90 bits per heavy atom. The van der Waals surface area contributed by atoms with E-state index in [1.165, 1.54) is 24.0 Å². The standard InChI is InChI=1S/C19H20N2/c20-14-13-19(11-12-19)15-21-18(16-7-3-1-4-8-16)17-9-5-2-6-10-17/h1-10,18,21H,11-13,15H2. The van der Waals surface area contributed by atoms with Crippen molar-refractivity contribution in [2.24, 2.45) is 5.41 Å². The summed E-state index contributed by atoms with van der Waals surface area (Å²) in [5, 5.41) is 12.7. The van der Waals surface area contributed by atoms with Gasteiger partial charge in [0.2, 0.25) is 0 Å². The van der Waals surface area contributed by atoms with E-state index in [2.05, 4.69) is 59.9 Å². The lowest BCUT2D eigenvalue weighted by atomic mass is 9.96. The zero-order valence-corrected chi connectivity index (χ0v) is 12.1. The Labute approximate surface area is 126 Å². The molecule has 2 heteroatoms. The number of benzene rings is 2. The van der Waals surface area contributed by atoms with Gasteiger partial charge in [-0.2, -0.15) is 5.26 Å². The van der Waals surface area contributed by atoms with Crippen molar-refractivity contribution >= 4 is 0 Å². The van der Waals surface area contributed by atoms with Crippen LogP contribution < -0.4 is 5.32 Å². The molecule has 0 bridgehead atoms. The molecule has 1 aliphatic rings. The van der Waals surface area contributed by atoms with Gasteiger partial charge in [0.1, 0.15) is 0 Å². The fourth-order valence-corrected chi connectivity index (χ4v) is 2.80. The molecule has 0 spiro atoms. The van der Waals surface area contributed by atoms with Gasteiger partial charge >= 0.3 is 0 Å². The molecule has 0 aliphatic heterocycles. The lowest BCUT2D eigenvalue weighted by Gasteiger charge is -2.22. The molecule has 2 aromatic rings. The van der Waals surface area contributed by atoms with E-state index in [-0.39, 0.29) is 11.5 Å². The van der Waals surface area contributed by atoms with Crippen molar-refractivity contribution in [3.05, 3.63) is 71.8 Å². The number of nitrogens with zero attached hydrogens (tertiary/aromatic N) is 1. The second kappa shape index (κ2) is 6.11. The van der Waals surface area contributed by atoms with Gasteiger partial charge < -0.3 is 5.32 Å². The van der Waals surface area contributed by atoms with Crippen LogP contribution in [0.25, 0.3) is 0 Å². The fourth-order valence-electron chi connectivity index (χ4n) is 2.80. The Hall–Kier alpha value is -2.11. The van der Waals surface area contributed by atoms with Crippen molar-refractivity contribution in [2.45, 2.75) is 25.3 Å². The van der Waals surface area contributed by atoms with E-state index in [0.717, 1.165) is 6.54 Å². The first-order valence-corrected chi connectivity index (χ1v) is 7.53. The van der Waals surface area contributed by atoms with Crippen LogP contribution in [0.3, 0.4) is 0 Å². The second-order valence-electron chi connectivity index (χ2n) is 5.97. The molecule has 106 valence electrons.